The number of aliphatic hydroxyl groups excluding tert-OH is 1. The van der Waals surface area contributed by atoms with Crippen LogP contribution in [0.1, 0.15) is 25.7 Å². The van der Waals surface area contributed by atoms with Crippen LogP contribution in [0, 0.1) is 0 Å². The molecule has 0 spiro atoms. The number of rotatable bonds is 8. The monoisotopic (exact) mass is 288 g/mol. The van der Waals surface area contributed by atoms with Gasteiger partial charge in [0.15, 0.2) is 0 Å². The molecule has 0 bridgehead atoms. The molecule has 1 N–H and O–H groups in total. The fourth-order valence-electron chi connectivity index (χ4n) is 1.55. The first kappa shape index (κ1) is 18.1. The topological polar surface area (TPSA) is 99.1 Å². The lowest BCUT2D eigenvalue weighted by Crippen LogP contribution is -2.18. The van der Waals surface area contributed by atoms with Crippen LogP contribution in [-0.2, 0) is 28.6 Å². The Kier molecular flexibility index (Phi) is 9.02. The van der Waals surface area contributed by atoms with E-state index in [1.54, 1.807) is 0 Å². The van der Waals surface area contributed by atoms with E-state index >= 15 is 0 Å². The van der Waals surface area contributed by atoms with Crippen molar-refractivity contribution in [1.29, 1.82) is 0 Å². The summed E-state index contributed by atoms with van der Waals surface area (Å²) in [5, 5.41) is 8.75. The van der Waals surface area contributed by atoms with Gasteiger partial charge in [0.25, 0.3) is 0 Å². The summed E-state index contributed by atoms with van der Waals surface area (Å²) in [6.45, 7) is -0.0288. The quantitative estimate of drug-likeness (QED) is 0.298. The molecule has 7 heteroatoms. The molecule has 0 radical (unpaired) electrons. The molecule has 114 valence electrons. The number of aliphatic hydroxyl groups is 1. The Morgan fingerprint density at radius 2 is 1.40 bits per heavy atom. The van der Waals surface area contributed by atoms with E-state index in [1.165, 1.54) is 14.2 Å². The average molecular weight is 288 g/mol. The minimum Gasteiger partial charge on any atom is -0.469 e. The van der Waals surface area contributed by atoms with E-state index in [4.69, 9.17) is 5.11 Å². The van der Waals surface area contributed by atoms with Crippen molar-refractivity contribution in [2.24, 2.45) is 0 Å². The molecular weight excluding hydrogens is 268 g/mol. The van der Waals surface area contributed by atoms with Crippen LogP contribution in [-0.4, -0.2) is 51.0 Å². The highest BCUT2D eigenvalue weighted by Gasteiger charge is 2.24. The molecule has 0 aromatic heterocycles. The summed E-state index contributed by atoms with van der Waals surface area (Å²) in [5.74, 6) is -2.14. The van der Waals surface area contributed by atoms with E-state index in [9.17, 15) is 14.4 Å². The van der Waals surface area contributed by atoms with Gasteiger partial charge in [0.05, 0.1) is 33.3 Å². The number of ether oxygens (including phenoxy) is 3. The van der Waals surface area contributed by atoms with Gasteiger partial charge in [-0.05, 0) is 19.3 Å². The van der Waals surface area contributed by atoms with Crippen LogP contribution in [0.3, 0.4) is 0 Å². The summed E-state index contributed by atoms with van der Waals surface area (Å²) in [6, 6.07) is 0. The Morgan fingerprint density at radius 3 is 1.85 bits per heavy atom. The van der Waals surface area contributed by atoms with Crippen LogP contribution >= 0.6 is 0 Å². The summed E-state index contributed by atoms with van der Waals surface area (Å²) in [6.07, 6.45) is 0.775. The summed E-state index contributed by atoms with van der Waals surface area (Å²) in [5.41, 5.74) is -0.0117. The van der Waals surface area contributed by atoms with Gasteiger partial charge >= 0.3 is 17.9 Å². The van der Waals surface area contributed by atoms with Crippen LogP contribution in [0.4, 0.5) is 0 Å². The Hall–Kier alpha value is -1.89. The lowest BCUT2D eigenvalue weighted by atomic mass is 9.99. The zero-order valence-electron chi connectivity index (χ0n) is 11.9. The van der Waals surface area contributed by atoms with E-state index < -0.39 is 17.9 Å². The summed E-state index contributed by atoms with van der Waals surface area (Å²) < 4.78 is 13.7. The molecule has 0 saturated carbocycles. The smallest absolute Gasteiger partial charge is 0.334 e. The third kappa shape index (κ3) is 5.83. The Bertz CT molecular complexity index is 384. The van der Waals surface area contributed by atoms with Gasteiger partial charge in [-0.25, -0.2) is 9.59 Å². The highest BCUT2D eigenvalue weighted by atomic mass is 16.5. The van der Waals surface area contributed by atoms with E-state index in [0.717, 1.165) is 7.11 Å². The number of methoxy groups -OCH3 is 3. The first-order valence-electron chi connectivity index (χ1n) is 6.08. The number of hydrogen-bond acceptors (Lipinski definition) is 7. The van der Waals surface area contributed by atoms with Crippen LogP contribution in [0.2, 0.25) is 0 Å². The van der Waals surface area contributed by atoms with Gasteiger partial charge in [-0.15, -0.1) is 0 Å². The van der Waals surface area contributed by atoms with Gasteiger partial charge < -0.3 is 19.3 Å². The van der Waals surface area contributed by atoms with E-state index in [-0.39, 0.29) is 30.6 Å². The Morgan fingerprint density at radius 1 is 0.850 bits per heavy atom. The number of esters is 3. The van der Waals surface area contributed by atoms with Crippen LogP contribution in [0.5, 0.6) is 0 Å². The largest absolute Gasteiger partial charge is 0.469 e. The third-order valence-electron chi connectivity index (χ3n) is 2.61. The molecule has 0 heterocycles. The highest BCUT2D eigenvalue weighted by Crippen LogP contribution is 2.19. The van der Waals surface area contributed by atoms with Gasteiger partial charge in [0.1, 0.15) is 0 Å². The second-order valence-corrected chi connectivity index (χ2v) is 3.87. The Balaban J connectivity index is 5.40. The molecule has 20 heavy (non-hydrogen) atoms. The molecule has 0 aliphatic heterocycles. The molecule has 0 saturated heterocycles. The maximum absolute atomic E-state index is 11.7. The van der Waals surface area contributed by atoms with Crippen molar-refractivity contribution in [3.63, 3.8) is 0 Å². The highest BCUT2D eigenvalue weighted by molar-refractivity contribution is 6.03. The number of hydrogen-bond donors (Lipinski definition) is 1. The minimum atomic E-state index is -0.778. The second kappa shape index (κ2) is 9.96. The van der Waals surface area contributed by atoms with Crippen LogP contribution in [0.15, 0.2) is 11.1 Å². The molecule has 7 nitrogen and oxygen atoms in total. The van der Waals surface area contributed by atoms with Crippen molar-refractivity contribution in [3.8, 4) is 0 Å². The first-order chi connectivity index (χ1) is 9.51. The maximum Gasteiger partial charge on any atom is 0.334 e. The van der Waals surface area contributed by atoms with Gasteiger partial charge in [0.2, 0.25) is 0 Å². The predicted octanol–water partition coefficient (Wildman–Crippen LogP) is 0.355. The zero-order valence-corrected chi connectivity index (χ0v) is 11.9. The van der Waals surface area contributed by atoms with Gasteiger partial charge in [-0.2, -0.15) is 0 Å². The molecule has 0 amide bonds. The second-order valence-electron chi connectivity index (χ2n) is 3.87. The summed E-state index contributed by atoms with van der Waals surface area (Å²) in [4.78, 5) is 34.8. The lowest BCUT2D eigenvalue weighted by molar-refractivity contribution is -0.143. The number of carbonyl (C=O) groups is 3. The molecule has 0 aromatic rings. The van der Waals surface area contributed by atoms with E-state index in [0.29, 0.717) is 12.8 Å². The predicted molar refractivity (Wildman–Crippen MR) is 68.6 cm³/mol. The molecule has 0 aliphatic rings. The maximum atomic E-state index is 11.7. The molecule has 0 unspecified atom stereocenters. The summed E-state index contributed by atoms with van der Waals surface area (Å²) in [7, 11) is 3.52. The van der Waals surface area contributed by atoms with Gasteiger partial charge in [-0.3, -0.25) is 4.79 Å². The van der Waals surface area contributed by atoms with Crippen molar-refractivity contribution in [3.05, 3.63) is 11.1 Å². The van der Waals surface area contributed by atoms with Crippen molar-refractivity contribution in [1.82, 2.24) is 0 Å². The fraction of sp³-hybridized carbons (Fsp3) is 0.615. The summed E-state index contributed by atoms with van der Waals surface area (Å²) >= 11 is 0. The molecule has 0 fully saturated rings. The van der Waals surface area contributed by atoms with Gasteiger partial charge in [-0.1, -0.05) is 0 Å². The van der Waals surface area contributed by atoms with Crippen LogP contribution in [0.25, 0.3) is 0 Å². The normalized spacial score (nSPS) is 11.4. The SMILES string of the molecule is COC(=O)C/C(C(=O)OC)=C(\CCCCO)C(=O)OC. The average Bonchev–Trinajstić information content (AvgIpc) is 2.47. The van der Waals surface area contributed by atoms with Gasteiger partial charge in [0, 0.05) is 12.2 Å². The third-order valence-corrected chi connectivity index (χ3v) is 2.61. The standard InChI is InChI=1S/C13H20O7/c1-18-11(15)8-10(13(17)20-3)9(12(16)19-2)6-4-5-7-14/h14H,4-8H2,1-3H3/b10-9-. The van der Waals surface area contributed by atoms with Crippen molar-refractivity contribution >= 4 is 17.9 Å². The van der Waals surface area contributed by atoms with E-state index in [1.807, 2.05) is 0 Å². The van der Waals surface area contributed by atoms with Crippen molar-refractivity contribution in [2.75, 3.05) is 27.9 Å². The molecule has 0 aliphatic carbocycles. The van der Waals surface area contributed by atoms with Crippen LogP contribution < -0.4 is 0 Å². The van der Waals surface area contributed by atoms with Crippen molar-refractivity contribution in [2.45, 2.75) is 25.7 Å². The Labute approximate surface area is 117 Å². The molecular formula is C13H20O7. The molecule has 0 rings (SSSR count). The van der Waals surface area contributed by atoms with E-state index in [2.05, 4.69) is 14.2 Å². The minimum absolute atomic E-state index is 0.0288. The first-order valence-corrected chi connectivity index (χ1v) is 6.08. The number of unbranched alkanes of at least 4 members (excludes halogenated alkanes) is 1. The van der Waals surface area contributed by atoms with Crippen molar-refractivity contribution < 1.29 is 33.7 Å². The zero-order chi connectivity index (χ0) is 15.5. The molecule has 0 aromatic carbocycles. The fourth-order valence-corrected chi connectivity index (χ4v) is 1.55. The number of carbonyl (C=O) groups excluding carboxylic acids is 3. The lowest BCUT2D eigenvalue weighted by Gasteiger charge is -2.11. The molecule has 0 atom stereocenters.